The van der Waals surface area contributed by atoms with Crippen molar-refractivity contribution in [2.75, 3.05) is 6.67 Å². The first-order valence-corrected chi connectivity index (χ1v) is 2.03. The van der Waals surface area contributed by atoms with Gasteiger partial charge in [0.05, 0.1) is 0 Å². The molecule has 1 rings (SSSR count). The Hall–Kier alpha value is -1.26. The molecule has 0 radical (unpaired) electrons. The molecule has 1 heterocycles. The molecule has 0 aromatic rings. The number of carbonyl (C=O) groups excluding carboxylic acids is 1. The highest BCUT2D eigenvalue weighted by Crippen LogP contribution is 1.93. The van der Waals surface area contributed by atoms with Gasteiger partial charge in [0.25, 0.3) is 0 Å². The van der Waals surface area contributed by atoms with Crippen LogP contribution in [0.1, 0.15) is 0 Å². The van der Waals surface area contributed by atoms with Gasteiger partial charge < -0.3 is 10.6 Å². The molecular formula is C3H5N3O2. The molecule has 0 unspecified atom stereocenters. The zero-order valence-corrected chi connectivity index (χ0v) is 4.07. The van der Waals surface area contributed by atoms with Crippen molar-refractivity contribution in [2.24, 2.45) is 10.7 Å². The number of hydroxylamine groups is 2. The molecule has 5 heteroatoms. The maximum absolute atomic E-state index is 10.1. The van der Waals surface area contributed by atoms with E-state index in [9.17, 15) is 4.79 Å². The topological polar surface area (TPSA) is 67.9 Å². The summed E-state index contributed by atoms with van der Waals surface area (Å²) in [5.74, 6) is 0. The molecule has 0 aliphatic carbocycles. The first kappa shape index (κ1) is 4.89. The lowest BCUT2D eigenvalue weighted by atomic mass is 10.9. The van der Waals surface area contributed by atoms with Crippen LogP contribution >= 0.6 is 0 Å². The fourth-order valence-electron chi connectivity index (χ4n) is 0.353. The van der Waals surface area contributed by atoms with E-state index in [4.69, 9.17) is 5.73 Å². The number of rotatable bonds is 0. The summed E-state index contributed by atoms with van der Waals surface area (Å²) in [6, 6.07) is -0.623. The Bertz CT molecular complexity index is 124. The van der Waals surface area contributed by atoms with Gasteiger partial charge in [-0.15, -0.1) is 5.06 Å². The van der Waals surface area contributed by atoms with Crippen molar-refractivity contribution >= 4 is 12.4 Å². The number of aliphatic imine (C=N–C) groups is 1. The van der Waals surface area contributed by atoms with Crippen molar-refractivity contribution in [1.82, 2.24) is 5.06 Å². The van der Waals surface area contributed by atoms with Crippen LogP contribution in [0.3, 0.4) is 0 Å². The number of urea groups is 1. The molecule has 0 saturated carbocycles. The van der Waals surface area contributed by atoms with E-state index in [-0.39, 0.29) is 6.67 Å². The molecule has 1 aliphatic rings. The van der Waals surface area contributed by atoms with Crippen LogP contribution < -0.4 is 5.73 Å². The van der Waals surface area contributed by atoms with Gasteiger partial charge in [-0.3, -0.25) is 0 Å². The molecule has 0 bridgehead atoms. The van der Waals surface area contributed by atoms with Crippen molar-refractivity contribution in [3.63, 3.8) is 0 Å². The third-order valence-electron chi connectivity index (χ3n) is 0.705. The molecule has 0 aromatic heterocycles. The van der Waals surface area contributed by atoms with E-state index in [1.54, 1.807) is 0 Å². The van der Waals surface area contributed by atoms with E-state index < -0.39 is 6.03 Å². The number of amides is 2. The predicted octanol–water partition coefficient (Wildman–Crippen LogP) is -0.702. The van der Waals surface area contributed by atoms with Crippen molar-refractivity contribution in [1.29, 1.82) is 0 Å². The van der Waals surface area contributed by atoms with Crippen LogP contribution in [0.25, 0.3) is 0 Å². The number of nitrogens with two attached hydrogens (primary N) is 1. The highest BCUT2D eigenvalue weighted by Gasteiger charge is 2.11. The smallest absolute Gasteiger partial charge is 0.349 e. The molecular weight excluding hydrogens is 110 g/mol. The van der Waals surface area contributed by atoms with Crippen LogP contribution in [-0.4, -0.2) is 24.2 Å². The minimum atomic E-state index is -0.623. The van der Waals surface area contributed by atoms with Gasteiger partial charge in [-0.25, -0.2) is 9.79 Å². The Morgan fingerprint density at radius 1 is 2.00 bits per heavy atom. The lowest BCUT2D eigenvalue weighted by molar-refractivity contribution is 0.00747. The van der Waals surface area contributed by atoms with Gasteiger partial charge in [0.1, 0.15) is 0 Å². The van der Waals surface area contributed by atoms with Gasteiger partial charge in [0, 0.05) is 0 Å². The summed E-state index contributed by atoms with van der Waals surface area (Å²) in [5, 5.41) is 0.944. The number of nitrogens with zero attached hydrogens (tertiary/aromatic N) is 2. The normalized spacial score (nSPS) is 16.2. The maximum Gasteiger partial charge on any atom is 0.349 e. The van der Waals surface area contributed by atoms with E-state index in [1.165, 1.54) is 6.40 Å². The number of hydrogen-bond donors (Lipinski definition) is 1. The van der Waals surface area contributed by atoms with Gasteiger partial charge in [0.2, 0.25) is 6.40 Å². The molecule has 0 saturated heterocycles. The second-order valence-corrected chi connectivity index (χ2v) is 1.25. The molecule has 5 nitrogen and oxygen atoms in total. The molecule has 2 amide bonds. The minimum absolute atomic E-state index is 0.204. The van der Waals surface area contributed by atoms with Gasteiger partial charge in [-0.05, 0) is 0 Å². The highest BCUT2D eigenvalue weighted by molar-refractivity contribution is 5.72. The van der Waals surface area contributed by atoms with Crippen LogP contribution in [0, 0.1) is 0 Å². The summed E-state index contributed by atoms with van der Waals surface area (Å²) in [6.07, 6.45) is 1.17. The van der Waals surface area contributed by atoms with E-state index in [2.05, 4.69) is 9.83 Å². The maximum atomic E-state index is 10.1. The van der Waals surface area contributed by atoms with Crippen molar-refractivity contribution in [2.45, 2.75) is 0 Å². The summed E-state index contributed by atoms with van der Waals surface area (Å²) >= 11 is 0. The van der Waals surface area contributed by atoms with Crippen molar-refractivity contribution in [3.05, 3.63) is 0 Å². The number of carbonyl (C=O) groups is 1. The van der Waals surface area contributed by atoms with Gasteiger partial charge >= 0.3 is 6.03 Å². The van der Waals surface area contributed by atoms with Crippen molar-refractivity contribution in [3.8, 4) is 0 Å². The molecule has 1 aliphatic heterocycles. The molecule has 0 fully saturated rings. The molecule has 8 heavy (non-hydrogen) atoms. The highest BCUT2D eigenvalue weighted by atomic mass is 16.7. The predicted molar refractivity (Wildman–Crippen MR) is 25.9 cm³/mol. The SMILES string of the molecule is NC(=O)N1CN=CO1. The van der Waals surface area contributed by atoms with Crippen LogP contribution in [-0.2, 0) is 4.84 Å². The molecule has 0 spiro atoms. The third kappa shape index (κ3) is 0.699. The summed E-state index contributed by atoms with van der Waals surface area (Å²) in [6.45, 7) is 0.204. The first-order valence-electron chi connectivity index (χ1n) is 2.03. The van der Waals surface area contributed by atoms with E-state index in [0.717, 1.165) is 5.06 Å². The second-order valence-electron chi connectivity index (χ2n) is 1.25. The average Bonchev–Trinajstić information content (AvgIpc) is 2.12. The summed E-state index contributed by atoms with van der Waals surface area (Å²) in [4.78, 5) is 18.2. The standard InChI is InChI=1S/C3H5N3O2/c4-3(7)6-1-5-2-8-6/h2H,1H2,(H2,4,7). The van der Waals surface area contributed by atoms with Crippen LogP contribution in [0.2, 0.25) is 0 Å². The van der Waals surface area contributed by atoms with E-state index in [1.807, 2.05) is 0 Å². The molecule has 0 atom stereocenters. The Kier molecular flexibility index (Phi) is 1.03. The number of hydrogen-bond acceptors (Lipinski definition) is 3. The Balaban J connectivity index is 2.41. The van der Waals surface area contributed by atoms with Crippen LogP contribution in [0.15, 0.2) is 4.99 Å². The quantitative estimate of drug-likeness (QED) is 0.453. The Morgan fingerprint density at radius 2 is 2.75 bits per heavy atom. The van der Waals surface area contributed by atoms with E-state index >= 15 is 0 Å². The van der Waals surface area contributed by atoms with Crippen molar-refractivity contribution < 1.29 is 9.63 Å². The largest absolute Gasteiger partial charge is 0.362 e. The molecule has 44 valence electrons. The summed E-state index contributed by atoms with van der Waals surface area (Å²) in [5.41, 5.74) is 4.78. The van der Waals surface area contributed by atoms with Crippen LogP contribution in [0.5, 0.6) is 0 Å². The van der Waals surface area contributed by atoms with Crippen LogP contribution in [0.4, 0.5) is 4.79 Å². The van der Waals surface area contributed by atoms with Gasteiger partial charge in [-0.1, -0.05) is 0 Å². The van der Waals surface area contributed by atoms with Gasteiger partial charge in [-0.2, -0.15) is 0 Å². The van der Waals surface area contributed by atoms with E-state index in [0.29, 0.717) is 0 Å². The lowest BCUT2D eigenvalue weighted by Crippen LogP contribution is -2.32. The first-order chi connectivity index (χ1) is 3.80. The van der Waals surface area contributed by atoms with Gasteiger partial charge in [0.15, 0.2) is 6.67 Å². The fraction of sp³-hybridized carbons (Fsp3) is 0.333. The average molecular weight is 115 g/mol. The molecule has 2 N–H and O–H groups in total. The zero-order valence-electron chi connectivity index (χ0n) is 4.07. The Labute approximate surface area is 45.7 Å². The fourth-order valence-corrected chi connectivity index (χ4v) is 0.353. The summed E-state index contributed by atoms with van der Waals surface area (Å²) in [7, 11) is 0. The second kappa shape index (κ2) is 1.69. The third-order valence-corrected chi connectivity index (χ3v) is 0.705. The lowest BCUT2D eigenvalue weighted by Gasteiger charge is -2.06. The number of primary amides is 1. The zero-order chi connectivity index (χ0) is 5.98. The molecule has 0 aromatic carbocycles. The monoisotopic (exact) mass is 115 g/mol. The Morgan fingerprint density at radius 3 is 3.00 bits per heavy atom. The minimum Gasteiger partial charge on any atom is -0.362 e. The summed E-state index contributed by atoms with van der Waals surface area (Å²) < 4.78 is 0.